The number of aromatic carboxylic acids is 1. The number of hydrogen-bond acceptors (Lipinski definition) is 3. The van der Waals surface area contributed by atoms with Gasteiger partial charge in [0.1, 0.15) is 5.56 Å². The number of carbonyl (C=O) groups is 1. The topological polar surface area (TPSA) is 67.2 Å². The highest BCUT2D eigenvalue weighted by molar-refractivity contribution is 5.88. The van der Waals surface area contributed by atoms with Gasteiger partial charge in [0.15, 0.2) is 0 Å². The van der Waals surface area contributed by atoms with Crippen molar-refractivity contribution in [1.29, 1.82) is 0 Å². The smallest absolute Gasteiger partial charge is 0.339 e. The Morgan fingerprint density at radius 1 is 1.67 bits per heavy atom. The summed E-state index contributed by atoms with van der Waals surface area (Å²) in [7, 11) is 1.78. The summed E-state index contributed by atoms with van der Waals surface area (Å²) < 4.78 is 1.64. The van der Waals surface area contributed by atoms with Crippen molar-refractivity contribution in [1.82, 2.24) is 15.1 Å². The number of nitrogens with one attached hydrogen (secondary N) is 1. The van der Waals surface area contributed by atoms with Crippen LogP contribution in [0.25, 0.3) is 0 Å². The van der Waals surface area contributed by atoms with Crippen LogP contribution in [0.1, 0.15) is 48.7 Å². The molecular weight excluding hydrogens is 230 g/mol. The van der Waals surface area contributed by atoms with Crippen molar-refractivity contribution in [2.75, 3.05) is 0 Å². The van der Waals surface area contributed by atoms with Crippen molar-refractivity contribution in [3.05, 3.63) is 17.5 Å². The third kappa shape index (κ3) is 3.10. The van der Waals surface area contributed by atoms with Crippen molar-refractivity contribution in [3.63, 3.8) is 0 Å². The van der Waals surface area contributed by atoms with Crippen molar-refractivity contribution in [2.45, 2.75) is 45.2 Å². The van der Waals surface area contributed by atoms with Crippen LogP contribution in [-0.2, 0) is 13.6 Å². The number of carboxylic acid groups (broad SMARTS) is 1. The van der Waals surface area contributed by atoms with Crippen LogP contribution < -0.4 is 5.32 Å². The highest BCUT2D eigenvalue weighted by atomic mass is 16.4. The van der Waals surface area contributed by atoms with E-state index in [0.29, 0.717) is 18.2 Å². The molecule has 0 spiro atoms. The maximum absolute atomic E-state index is 11.1. The lowest BCUT2D eigenvalue weighted by Crippen LogP contribution is -2.30. The van der Waals surface area contributed by atoms with Crippen LogP contribution in [0.4, 0.5) is 0 Å². The fourth-order valence-corrected chi connectivity index (χ4v) is 2.24. The summed E-state index contributed by atoms with van der Waals surface area (Å²) in [5.74, 6) is -0.0249. The van der Waals surface area contributed by atoms with E-state index in [-0.39, 0.29) is 0 Å². The standard InChI is InChI=1S/C13H21N3O2/c1-3-10(6-9-4-5-9)14-8-12-11(13(17)18)7-15-16(12)2/h7,9-10,14H,3-6,8H2,1-2H3,(H,17,18). The second-order valence-corrected chi connectivity index (χ2v) is 5.10. The summed E-state index contributed by atoms with van der Waals surface area (Å²) >= 11 is 0. The molecule has 2 N–H and O–H groups in total. The maximum Gasteiger partial charge on any atom is 0.339 e. The lowest BCUT2D eigenvalue weighted by atomic mass is 10.1. The van der Waals surface area contributed by atoms with E-state index in [9.17, 15) is 4.79 Å². The first kappa shape index (κ1) is 13.1. The molecule has 1 aromatic heterocycles. The quantitative estimate of drug-likeness (QED) is 0.775. The van der Waals surface area contributed by atoms with E-state index in [1.165, 1.54) is 25.5 Å². The van der Waals surface area contributed by atoms with Crippen LogP contribution >= 0.6 is 0 Å². The van der Waals surface area contributed by atoms with Gasteiger partial charge in [-0.15, -0.1) is 0 Å². The zero-order valence-electron chi connectivity index (χ0n) is 11.0. The number of nitrogens with zero attached hydrogens (tertiary/aromatic N) is 2. The Labute approximate surface area is 107 Å². The minimum absolute atomic E-state index is 0.297. The molecule has 1 fully saturated rings. The molecule has 1 unspecified atom stereocenters. The summed E-state index contributed by atoms with van der Waals surface area (Å²) in [6, 6.07) is 0.481. The number of aromatic nitrogens is 2. The molecule has 1 aromatic rings. The first-order valence-electron chi connectivity index (χ1n) is 6.59. The van der Waals surface area contributed by atoms with Crippen LogP contribution in [0.15, 0.2) is 6.20 Å². The fraction of sp³-hybridized carbons (Fsp3) is 0.692. The molecule has 1 saturated carbocycles. The van der Waals surface area contributed by atoms with Crippen molar-refractivity contribution < 1.29 is 9.90 Å². The highest BCUT2D eigenvalue weighted by Crippen LogP contribution is 2.34. The van der Waals surface area contributed by atoms with Crippen LogP contribution in [0, 0.1) is 5.92 Å². The molecular formula is C13H21N3O2. The fourth-order valence-electron chi connectivity index (χ4n) is 2.24. The van der Waals surface area contributed by atoms with Crippen molar-refractivity contribution in [2.24, 2.45) is 13.0 Å². The predicted molar refractivity (Wildman–Crippen MR) is 68.4 cm³/mol. The van der Waals surface area contributed by atoms with Crippen molar-refractivity contribution >= 4 is 5.97 Å². The zero-order valence-corrected chi connectivity index (χ0v) is 11.0. The van der Waals surface area contributed by atoms with Gasteiger partial charge in [-0.05, 0) is 18.8 Å². The molecule has 2 rings (SSSR count). The molecule has 100 valence electrons. The first-order chi connectivity index (χ1) is 8.61. The Morgan fingerprint density at radius 3 is 2.94 bits per heavy atom. The summed E-state index contributed by atoms with van der Waals surface area (Å²) in [4.78, 5) is 11.1. The zero-order chi connectivity index (χ0) is 13.1. The Bertz CT molecular complexity index is 424. The molecule has 0 saturated heterocycles. The monoisotopic (exact) mass is 251 g/mol. The third-order valence-corrected chi connectivity index (χ3v) is 3.66. The van der Waals surface area contributed by atoms with E-state index in [1.807, 2.05) is 0 Å². The van der Waals surface area contributed by atoms with E-state index < -0.39 is 5.97 Å². The van der Waals surface area contributed by atoms with E-state index >= 15 is 0 Å². The molecule has 1 atom stereocenters. The van der Waals surface area contributed by atoms with E-state index in [0.717, 1.165) is 18.0 Å². The molecule has 1 heterocycles. The Balaban J connectivity index is 1.95. The number of hydrogen-bond donors (Lipinski definition) is 2. The highest BCUT2D eigenvalue weighted by Gasteiger charge is 2.25. The second-order valence-electron chi connectivity index (χ2n) is 5.10. The van der Waals surface area contributed by atoms with Gasteiger partial charge in [-0.3, -0.25) is 4.68 Å². The number of rotatable bonds is 7. The Hall–Kier alpha value is -1.36. The van der Waals surface area contributed by atoms with Gasteiger partial charge in [0.05, 0.1) is 11.9 Å². The van der Waals surface area contributed by atoms with Gasteiger partial charge >= 0.3 is 5.97 Å². The van der Waals surface area contributed by atoms with E-state index in [2.05, 4.69) is 17.3 Å². The molecule has 0 aliphatic heterocycles. The average molecular weight is 251 g/mol. The molecule has 0 aromatic carbocycles. The minimum atomic E-state index is -0.907. The molecule has 0 amide bonds. The van der Waals surface area contributed by atoms with Crippen LogP contribution in [0.3, 0.4) is 0 Å². The van der Waals surface area contributed by atoms with Gasteiger partial charge in [-0.1, -0.05) is 19.8 Å². The number of carboxylic acids is 1. The van der Waals surface area contributed by atoms with E-state index in [4.69, 9.17) is 5.11 Å². The molecule has 0 radical (unpaired) electrons. The molecule has 0 bridgehead atoms. The van der Waals surface area contributed by atoms with Gasteiger partial charge in [0.25, 0.3) is 0 Å². The molecule has 1 aliphatic carbocycles. The predicted octanol–water partition coefficient (Wildman–Crippen LogP) is 1.79. The second kappa shape index (κ2) is 5.52. The van der Waals surface area contributed by atoms with Gasteiger partial charge in [-0.2, -0.15) is 5.10 Å². The van der Waals surface area contributed by atoms with Crippen molar-refractivity contribution in [3.8, 4) is 0 Å². The molecule has 5 heteroatoms. The Morgan fingerprint density at radius 2 is 2.39 bits per heavy atom. The first-order valence-corrected chi connectivity index (χ1v) is 6.59. The summed E-state index contributed by atoms with van der Waals surface area (Å²) in [5, 5.41) is 16.5. The van der Waals surface area contributed by atoms with Crippen LogP contribution in [0.5, 0.6) is 0 Å². The number of aryl methyl sites for hydroxylation is 1. The third-order valence-electron chi connectivity index (χ3n) is 3.66. The Kier molecular flexibility index (Phi) is 4.01. The summed E-state index contributed by atoms with van der Waals surface area (Å²) in [6.45, 7) is 2.74. The lowest BCUT2D eigenvalue weighted by molar-refractivity contribution is 0.0695. The lowest BCUT2D eigenvalue weighted by Gasteiger charge is -2.17. The van der Waals surface area contributed by atoms with Gasteiger partial charge in [0.2, 0.25) is 0 Å². The molecule has 1 aliphatic rings. The summed E-state index contributed by atoms with van der Waals surface area (Å²) in [5.41, 5.74) is 1.04. The summed E-state index contributed by atoms with van der Waals surface area (Å²) in [6.07, 6.45) is 6.41. The van der Waals surface area contributed by atoms with Gasteiger partial charge in [-0.25, -0.2) is 4.79 Å². The van der Waals surface area contributed by atoms with Crippen LogP contribution in [-0.4, -0.2) is 26.9 Å². The normalized spacial score (nSPS) is 16.8. The molecule has 18 heavy (non-hydrogen) atoms. The maximum atomic E-state index is 11.1. The largest absolute Gasteiger partial charge is 0.478 e. The SMILES string of the molecule is CCC(CC1CC1)NCc1c(C(=O)O)cnn1C. The van der Waals surface area contributed by atoms with Gasteiger partial charge in [0, 0.05) is 19.6 Å². The average Bonchev–Trinajstić information content (AvgIpc) is 3.07. The minimum Gasteiger partial charge on any atom is -0.478 e. The van der Waals surface area contributed by atoms with Crippen LogP contribution in [0.2, 0.25) is 0 Å². The molecule has 5 nitrogen and oxygen atoms in total. The van der Waals surface area contributed by atoms with Gasteiger partial charge < -0.3 is 10.4 Å². The van der Waals surface area contributed by atoms with E-state index in [1.54, 1.807) is 11.7 Å².